The summed E-state index contributed by atoms with van der Waals surface area (Å²) in [5.74, 6) is 0.519. The Hall–Kier alpha value is -1.67. The lowest BCUT2D eigenvalue weighted by Gasteiger charge is -2.18. The van der Waals surface area contributed by atoms with Gasteiger partial charge in [-0.1, -0.05) is 43.3 Å². The quantitative estimate of drug-likeness (QED) is 0.864. The highest BCUT2D eigenvalue weighted by molar-refractivity contribution is 5.19. The predicted molar refractivity (Wildman–Crippen MR) is 75.5 cm³/mol. The fourth-order valence-electron chi connectivity index (χ4n) is 2.00. The van der Waals surface area contributed by atoms with Crippen LogP contribution in [-0.4, -0.2) is 11.5 Å². The molecule has 0 spiro atoms. The molecule has 0 amide bonds. The fraction of sp³-hybridized carbons (Fsp3) is 0.312. The van der Waals surface area contributed by atoms with E-state index in [1.54, 1.807) is 0 Å². The highest BCUT2D eigenvalue weighted by Gasteiger charge is 2.08. The van der Waals surface area contributed by atoms with Crippen molar-refractivity contribution >= 4 is 0 Å². The Kier molecular flexibility index (Phi) is 4.48. The van der Waals surface area contributed by atoms with E-state index in [9.17, 15) is 0 Å². The number of pyridine rings is 1. The van der Waals surface area contributed by atoms with Crippen LogP contribution in [0.5, 0.6) is 0 Å². The Morgan fingerprint density at radius 3 is 2.39 bits per heavy atom. The van der Waals surface area contributed by atoms with Crippen LogP contribution >= 0.6 is 0 Å². The third-order valence-corrected chi connectivity index (χ3v) is 3.28. The van der Waals surface area contributed by atoms with E-state index in [2.05, 4.69) is 60.5 Å². The van der Waals surface area contributed by atoms with Crippen LogP contribution in [0.15, 0.2) is 54.9 Å². The van der Waals surface area contributed by atoms with Crippen LogP contribution in [0.25, 0.3) is 0 Å². The number of benzene rings is 1. The molecule has 18 heavy (non-hydrogen) atoms. The van der Waals surface area contributed by atoms with Gasteiger partial charge in [0, 0.05) is 25.0 Å². The lowest BCUT2D eigenvalue weighted by Crippen LogP contribution is -2.23. The summed E-state index contributed by atoms with van der Waals surface area (Å²) in [7, 11) is 0. The Morgan fingerprint density at radius 1 is 1.00 bits per heavy atom. The highest BCUT2D eigenvalue weighted by atomic mass is 14.9. The number of hydrogen-bond donors (Lipinski definition) is 1. The third-order valence-electron chi connectivity index (χ3n) is 3.28. The van der Waals surface area contributed by atoms with Crippen molar-refractivity contribution in [3.63, 3.8) is 0 Å². The fourth-order valence-corrected chi connectivity index (χ4v) is 2.00. The molecular weight excluding hydrogens is 220 g/mol. The van der Waals surface area contributed by atoms with Gasteiger partial charge in [-0.25, -0.2) is 0 Å². The van der Waals surface area contributed by atoms with E-state index in [0.717, 1.165) is 6.54 Å². The van der Waals surface area contributed by atoms with Crippen LogP contribution in [-0.2, 0) is 0 Å². The minimum atomic E-state index is 0.338. The molecule has 0 radical (unpaired) electrons. The Labute approximate surface area is 109 Å². The number of hydrogen-bond acceptors (Lipinski definition) is 2. The highest BCUT2D eigenvalue weighted by Crippen LogP contribution is 2.16. The maximum absolute atomic E-state index is 4.15. The van der Waals surface area contributed by atoms with Gasteiger partial charge in [-0.3, -0.25) is 4.98 Å². The van der Waals surface area contributed by atoms with E-state index in [1.807, 2.05) is 18.5 Å². The van der Waals surface area contributed by atoms with Gasteiger partial charge in [0.15, 0.2) is 0 Å². The van der Waals surface area contributed by atoms with Gasteiger partial charge in [-0.2, -0.15) is 0 Å². The van der Waals surface area contributed by atoms with Crippen LogP contribution in [0.1, 0.15) is 36.9 Å². The van der Waals surface area contributed by atoms with Crippen molar-refractivity contribution in [1.29, 1.82) is 0 Å². The summed E-state index contributed by atoms with van der Waals surface area (Å²) < 4.78 is 0. The lowest BCUT2D eigenvalue weighted by molar-refractivity contribution is 0.536. The zero-order chi connectivity index (χ0) is 12.8. The van der Waals surface area contributed by atoms with Gasteiger partial charge in [0.1, 0.15) is 0 Å². The first-order chi connectivity index (χ1) is 8.77. The number of aromatic nitrogens is 1. The molecule has 0 bridgehead atoms. The van der Waals surface area contributed by atoms with Gasteiger partial charge in [-0.05, 0) is 30.0 Å². The van der Waals surface area contributed by atoms with Crippen molar-refractivity contribution in [3.05, 3.63) is 66.0 Å². The molecule has 1 aromatic heterocycles. The second-order valence-corrected chi connectivity index (χ2v) is 4.73. The minimum absolute atomic E-state index is 0.338. The van der Waals surface area contributed by atoms with Gasteiger partial charge in [0.25, 0.3) is 0 Å². The zero-order valence-corrected chi connectivity index (χ0v) is 11.0. The second-order valence-electron chi connectivity index (χ2n) is 4.73. The third kappa shape index (κ3) is 3.41. The molecule has 1 aromatic carbocycles. The van der Waals surface area contributed by atoms with Crippen molar-refractivity contribution in [3.8, 4) is 0 Å². The minimum Gasteiger partial charge on any atom is -0.310 e. The van der Waals surface area contributed by atoms with Crippen LogP contribution < -0.4 is 5.32 Å². The van der Waals surface area contributed by atoms with E-state index in [-0.39, 0.29) is 0 Å². The molecule has 2 unspecified atom stereocenters. The van der Waals surface area contributed by atoms with E-state index in [4.69, 9.17) is 0 Å². The summed E-state index contributed by atoms with van der Waals surface area (Å²) in [6.07, 6.45) is 3.73. The second kappa shape index (κ2) is 6.31. The lowest BCUT2D eigenvalue weighted by atomic mass is 10.0. The Morgan fingerprint density at radius 2 is 1.72 bits per heavy atom. The summed E-state index contributed by atoms with van der Waals surface area (Å²) in [5.41, 5.74) is 2.61. The normalized spacial score (nSPS) is 14.1. The molecule has 0 aliphatic carbocycles. The molecule has 2 heteroatoms. The molecule has 2 rings (SSSR count). The molecule has 0 saturated heterocycles. The molecule has 1 heterocycles. The zero-order valence-electron chi connectivity index (χ0n) is 11.0. The molecule has 0 aliphatic heterocycles. The Balaban J connectivity index is 1.89. The topological polar surface area (TPSA) is 24.9 Å². The summed E-state index contributed by atoms with van der Waals surface area (Å²) in [4.78, 5) is 4.15. The first kappa shape index (κ1) is 12.8. The first-order valence-corrected chi connectivity index (χ1v) is 6.45. The Bertz CT molecular complexity index is 408. The summed E-state index contributed by atoms with van der Waals surface area (Å²) in [6.45, 7) is 5.40. The summed E-state index contributed by atoms with van der Waals surface area (Å²) >= 11 is 0. The van der Waals surface area contributed by atoms with Gasteiger partial charge in [-0.15, -0.1) is 0 Å². The van der Waals surface area contributed by atoms with Crippen LogP contribution in [0.4, 0.5) is 0 Å². The van der Waals surface area contributed by atoms with Crippen molar-refractivity contribution in [1.82, 2.24) is 10.3 Å². The average molecular weight is 240 g/mol. The smallest absolute Gasteiger partial charge is 0.0315 e. The van der Waals surface area contributed by atoms with E-state index >= 15 is 0 Å². The van der Waals surface area contributed by atoms with Crippen molar-refractivity contribution < 1.29 is 0 Å². The van der Waals surface area contributed by atoms with Crippen molar-refractivity contribution in [2.24, 2.45) is 0 Å². The molecule has 0 saturated carbocycles. The molecule has 0 fully saturated rings. The molecule has 2 nitrogen and oxygen atoms in total. The largest absolute Gasteiger partial charge is 0.310 e. The number of rotatable bonds is 5. The molecule has 1 N–H and O–H groups in total. The van der Waals surface area contributed by atoms with Crippen LogP contribution in [0.2, 0.25) is 0 Å². The SMILES string of the molecule is CC(CNC(C)c1cccnc1)c1ccccc1. The number of nitrogens with zero attached hydrogens (tertiary/aromatic N) is 1. The van der Waals surface area contributed by atoms with Crippen LogP contribution in [0, 0.1) is 0 Å². The van der Waals surface area contributed by atoms with Gasteiger partial charge < -0.3 is 5.32 Å². The van der Waals surface area contributed by atoms with E-state index < -0.39 is 0 Å². The van der Waals surface area contributed by atoms with Gasteiger partial charge in [0.05, 0.1) is 0 Å². The predicted octanol–water partition coefficient (Wildman–Crippen LogP) is 3.54. The summed E-state index contributed by atoms with van der Waals surface area (Å²) in [5, 5.41) is 3.56. The van der Waals surface area contributed by atoms with E-state index in [1.165, 1.54) is 11.1 Å². The summed E-state index contributed by atoms with van der Waals surface area (Å²) in [6, 6.07) is 15.0. The molecule has 2 aromatic rings. The standard InChI is InChI=1S/C16H20N2/c1-13(15-7-4-3-5-8-15)11-18-14(2)16-9-6-10-17-12-16/h3-10,12-14,18H,11H2,1-2H3. The number of nitrogens with one attached hydrogen (secondary N) is 1. The maximum atomic E-state index is 4.15. The average Bonchev–Trinajstić information content (AvgIpc) is 2.46. The molecule has 94 valence electrons. The van der Waals surface area contributed by atoms with E-state index in [0.29, 0.717) is 12.0 Å². The first-order valence-electron chi connectivity index (χ1n) is 6.45. The molecule has 0 aliphatic rings. The van der Waals surface area contributed by atoms with Gasteiger partial charge in [0.2, 0.25) is 0 Å². The molecular formula is C16H20N2. The van der Waals surface area contributed by atoms with Gasteiger partial charge >= 0.3 is 0 Å². The monoisotopic (exact) mass is 240 g/mol. The van der Waals surface area contributed by atoms with Crippen molar-refractivity contribution in [2.45, 2.75) is 25.8 Å². The van der Waals surface area contributed by atoms with Crippen LogP contribution in [0.3, 0.4) is 0 Å². The molecule has 2 atom stereocenters. The van der Waals surface area contributed by atoms with Crippen molar-refractivity contribution in [2.75, 3.05) is 6.54 Å². The maximum Gasteiger partial charge on any atom is 0.0315 e.